The molecule has 0 N–H and O–H groups in total. The van der Waals surface area contributed by atoms with Crippen molar-refractivity contribution in [2.45, 2.75) is 6.54 Å². The van der Waals surface area contributed by atoms with E-state index in [2.05, 4.69) is 10.3 Å². The summed E-state index contributed by atoms with van der Waals surface area (Å²) in [5.74, 6) is 1.80. The molecule has 2 aliphatic heterocycles. The molecule has 108 valence electrons. The van der Waals surface area contributed by atoms with Gasteiger partial charge in [0, 0.05) is 37.3 Å². The number of rotatable bonds is 3. The zero-order valence-electron chi connectivity index (χ0n) is 11.3. The zero-order chi connectivity index (χ0) is 14.2. The molecule has 0 spiro atoms. The lowest BCUT2D eigenvalue weighted by Crippen LogP contribution is -2.51. The van der Waals surface area contributed by atoms with E-state index >= 15 is 0 Å². The van der Waals surface area contributed by atoms with Crippen LogP contribution >= 0.6 is 0 Å². The monoisotopic (exact) mass is 286 g/mol. The summed E-state index contributed by atoms with van der Waals surface area (Å²) in [4.78, 5) is 14.2. The molecule has 1 amide bonds. The van der Waals surface area contributed by atoms with Gasteiger partial charge in [0.25, 0.3) is 5.91 Å². The Morgan fingerprint density at radius 3 is 2.95 bits per heavy atom. The van der Waals surface area contributed by atoms with Gasteiger partial charge in [0.05, 0.1) is 6.20 Å². The zero-order valence-corrected chi connectivity index (χ0v) is 11.3. The normalized spacial score (nSPS) is 16.9. The Kier molecular flexibility index (Phi) is 2.77. The highest BCUT2D eigenvalue weighted by Crippen LogP contribution is 2.33. The molecule has 0 saturated carbocycles. The largest absolute Gasteiger partial charge is 0.454 e. The Balaban J connectivity index is 1.38. The van der Waals surface area contributed by atoms with E-state index in [1.54, 1.807) is 29.1 Å². The molecule has 1 fully saturated rings. The van der Waals surface area contributed by atoms with Crippen molar-refractivity contribution >= 4 is 5.91 Å². The summed E-state index contributed by atoms with van der Waals surface area (Å²) in [5, 5.41) is 7.71. The molecule has 0 bridgehead atoms. The van der Waals surface area contributed by atoms with E-state index in [9.17, 15) is 4.79 Å². The lowest BCUT2D eigenvalue weighted by molar-refractivity contribution is 0.0460. The van der Waals surface area contributed by atoms with Crippen LogP contribution in [0, 0.1) is 5.92 Å². The number of amides is 1. The second kappa shape index (κ2) is 4.76. The molecular weight excluding hydrogens is 272 g/mol. The minimum absolute atomic E-state index is 0.0307. The molecule has 2 aliphatic rings. The van der Waals surface area contributed by atoms with Gasteiger partial charge in [0.15, 0.2) is 11.5 Å². The molecule has 1 aromatic heterocycles. The van der Waals surface area contributed by atoms with Crippen molar-refractivity contribution in [1.82, 2.24) is 19.9 Å². The molecule has 0 unspecified atom stereocenters. The summed E-state index contributed by atoms with van der Waals surface area (Å²) in [5.41, 5.74) is 0.637. The van der Waals surface area contributed by atoms with Gasteiger partial charge < -0.3 is 14.4 Å². The molecule has 3 heterocycles. The maximum absolute atomic E-state index is 12.4. The third kappa shape index (κ3) is 2.20. The Morgan fingerprint density at radius 2 is 2.14 bits per heavy atom. The van der Waals surface area contributed by atoms with Gasteiger partial charge in [0.2, 0.25) is 6.79 Å². The number of likely N-dealkylation sites (tertiary alicyclic amines) is 1. The predicted octanol–water partition coefficient (Wildman–Crippen LogP) is 0.779. The lowest BCUT2D eigenvalue weighted by Gasteiger charge is -2.39. The summed E-state index contributed by atoms with van der Waals surface area (Å²) in [6.45, 7) is 2.50. The summed E-state index contributed by atoms with van der Waals surface area (Å²) in [6, 6.07) is 5.30. The smallest absolute Gasteiger partial charge is 0.254 e. The minimum Gasteiger partial charge on any atom is -0.454 e. The first-order valence-corrected chi connectivity index (χ1v) is 6.82. The molecule has 0 atom stereocenters. The second-order valence-corrected chi connectivity index (χ2v) is 5.27. The predicted molar refractivity (Wildman–Crippen MR) is 72.0 cm³/mol. The number of hydrogen-bond donors (Lipinski definition) is 0. The van der Waals surface area contributed by atoms with Crippen molar-refractivity contribution in [3.63, 3.8) is 0 Å². The van der Waals surface area contributed by atoms with Crippen molar-refractivity contribution in [3.8, 4) is 11.5 Å². The highest BCUT2D eigenvalue weighted by Gasteiger charge is 2.32. The van der Waals surface area contributed by atoms with Gasteiger partial charge in [-0.05, 0) is 18.2 Å². The van der Waals surface area contributed by atoms with Gasteiger partial charge in [0.1, 0.15) is 0 Å². The van der Waals surface area contributed by atoms with Gasteiger partial charge in [-0.1, -0.05) is 5.21 Å². The fraction of sp³-hybridized carbons (Fsp3) is 0.357. The molecule has 7 nitrogen and oxygen atoms in total. The number of carbonyl (C=O) groups excluding carboxylic acids is 1. The fourth-order valence-corrected chi connectivity index (χ4v) is 2.66. The Morgan fingerprint density at radius 1 is 1.29 bits per heavy atom. The lowest BCUT2D eigenvalue weighted by atomic mass is 9.99. The Labute approximate surface area is 121 Å². The minimum atomic E-state index is 0.0307. The molecule has 0 aliphatic carbocycles. The van der Waals surface area contributed by atoms with Crippen LogP contribution in [0.5, 0.6) is 11.5 Å². The highest BCUT2D eigenvalue weighted by molar-refractivity contribution is 5.95. The molecule has 1 saturated heterocycles. The van der Waals surface area contributed by atoms with Gasteiger partial charge in [-0.25, -0.2) is 0 Å². The maximum atomic E-state index is 12.4. The first kappa shape index (κ1) is 12.2. The molecule has 4 rings (SSSR count). The summed E-state index contributed by atoms with van der Waals surface area (Å²) in [6.07, 6.45) is 3.50. The molecule has 1 aromatic carbocycles. The number of benzene rings is 1. The van der Waals surface area contributed by atoms with E-state index < -0.39 is 0 Å². The van der Waals surface area contributed by atoms with Crippen molar-refractivity contribution < 1.29 is 14.3 Å². The standard InChI is InChI=1S/C14H14N4O3/c19-14(11-1-2-12-13(5-11)21-9-20-12)17-6-10(7-17)8-18-4-3-15-16-18/h1-5,10H,6-9H2. The van der Waals surface area contributed by atoms with Crippen LogP contribution < -0.4 is 9.47 Å². The van der Waals surface area contributed by atoms with E-state index in [0.717, 1.165) is 19.6 Å². The topological polar surface area (TPSA) is 69.5 Å². The van der Waals surface area contributed by atoms with Gasteiger partial charge in [-0.2, -0.15) is 0 Å². The average Bonchev–Trinajstić information content (AvgIpc) is 3.11. The Bertz CT molecular complexity index is 665. The summed E-state index contributed by atoms with van der Waals surface area (Å²) < 4.78 is 12.3. The quantitative estimate of drug-likeness (QED) is 0.834. The number of hydrogen-bond acceptors (Lipinski definition) is 5. The van der Waals surface area contributed by atoms with E-state index in [1.165, 1.54) is 0 Å². The van der Waals surface area contributed by atoms with Crippen LogP contribution in [-0.4, -0.2) is 45.7 Å². The van der Waals surface area contributed by atoms with Crippen LogP contribution in [0.2, 0.25) is 0 Å². The average molecular weight is 286 g/mol. The van der Waals surface area contributed by atoms with Gasteiger partial charge in [-0.15, -0.1) is 5.10 Å². The van der Waals surface area contributed by atoms with E-state index in [-0.39, 0.29) is 12.7 Å². The highest BCUT2D eigenvalue weighted by atomic mass is 16.7. The number of ether oxygens (including phenoxy) is 2. The van der Waals surface area contributed by atoms with Crippen molar-refractivity contribution in [1.29, 1.82) is 0 Å². The Hall–Kier alpha value is -2.57. The second-order valence-electron chi connectivity index (χ2n) is 5.27. The van der Waals surface area contributed by atoms with Crippen LogP contribution in [0.1, 0.15) is 10.4 Å². The summed E-state index contributed by atoms with van der Waals surface area (Å²) >= 11 is 0. The van der Waals surface area contributed by atoms with Crippen molar-refractivity contribution in [2.75, 3.05) is 19.9 Å². The number of carbonyl (C=O) groups is 1. The molecule has 0 radical (unpaired) electrons. The number of nitrogens with zero attached hydrogens (tertiary/aromatic N) is 4. The first-order valence-electron chi connectivity index (χ1n) is 6.82. The summed E-state index contributed by atoms with van der Waals surface area (Å²) in [7, 11) is 0. The van der Waals surface area contributed by atoms with Crippen LogP contribution in [0.4, 0.5) is 0 Å². The van der Waals surface area contributed by atoms with Crippen LogP contribution in [0.25, 0.3) is 0 Å². The molecule has 2 aromatic rings. The van der Waals surface area contributed by atoms with Gasteiger partial charge in [-0.3, -0.25) is 9.48 Å². The third-order valence-corrected chi connectivity index (χ3v) is 3.78. The first-order chi connectivity index (χ1) is 10.3. The van der Waals surface area contributed by atoms with E-state index in [1.807, 2.05) is 11.1 Å². The van der Waals surface area contributed by atoms with Gasteiger partial charge >= 0.3 is 0 Å². The van der Waals surface area contributed by atoms with Crippen LogP contribution in [-0.2, 0) is 6.54 Å². The fourth-order valence-electron chi connectivity index (χ4n) is 2.66. The SMILES string of the molecule is O=C(c1ccc2c(c1)OCO2)N1CC(Cn2ccnn2)C1. The number of aromatic nitrogens is 3. The third-order valence-electron chi connectivity index (χ3n) is 3.78. The van der Waals surface area contributed by atoms with Crippen molar-refractivity contribution in [3.05, 3.63) is 36.2 Å². The van der Waals surface area contributed by atoms with Crippen molar-refractivity contribution in [2.24, 2.45) is 5.92 Å². The maximum Gasteiger partial charge on any atom is 0.254 e. The van der Waals surface area contributed by atoms with E-state index in [4.69, 9.17) is 9.47 Å². The number of fused-ring (bicyclic) bond motifs is 1. The molecule has 7 heteroatoms. The van der Waals surface area contributed by atoms with Crippen LogP contribution in [0.15, 0.2) is 30.6 Å². The van der Waals surface area contributed by atoms with E-state index in [0.29, 0.717) is 23.0 Å². The van der Waals surface area contributed by atoms with Crippen LogP contribution in [0.3, 0.4) is 0 Å². The molecular formula is C14H14N4O3. The molecule has 21 heavy (non-hydrogen) atoms.